The van der Waals surface area contributed by atoms with Crippen LogP contribution in [0.5, 0.6) is 0 Å². The van der Waals surface area contributed by atoms with Crippen LogP contribution in [0.3, 0.4) is 0 Å². The van der Waals surface area contributed by atoms with Gasteiger partial charge in [-0.1, -0.05) is 0 Å². The van der Waals surface area contributed by atoms with Crippen molar-refractivity contribution in [2.75, 3.05) is 13.6 Å². The Morgan fingerprint density at radius 3 is 2.87 bits per heavy atom. The molecule has 1 N–H and O–H groups in total. The summed E-state index contributed by atoms with van der Waals surface area (Å²) < 4.78 is 1.70. The van der Waals surface area contributed by atoms with E-state index >= 15 is 0 Å². The van der Waals surface area contributed by atoms with Gasteiger partial charge in [-0.25, -0.2) is 15.0 Å². The number of hydrogen-bond donors (Lipinski definition) is 1. The molecule has 0 radical (unpaired) electrons. The van der Waals surface area contributed by atoms with E-state index in [1.165, 1.54) is 6.42 Å². The van der Waals surface area contributed by atoms with E-state index in [9.17, 15) is 4.79 Å². The Morgan fingerprint density at radius 2 is 2.22 bits per heavy atom. The largest absolute Gasteiger partial charge is 0.345 e. The van der Waals surface area contributed by atoms with Crippen LogP contribution in [0.25, 0.3) is 0 Å². The molecule has 1 aliphatic heterocycles. The fraction of sp³-hybridized carbons (Fsp3) is 0.500. The van der Waals surface area contributed by atoms with Gasteiger partial charge < -0.3 is 9.88 Å². The van der Waals surface area contributed by atoms with Gasteiger partial charge >= 0.3 is 0 Å². The maximum atomic E-state index is 12.2. The lowest BCUT2D eigenvalue weighted by atomic mass is 10.1. The lowest BCUT2D eigenvalue weighted by molar-refractivity contribution is 0.0937. The number of hydrogen-bond acceptors (Lipinski definition) is 5. The number of carbonyl (C=O) groups is 1. The van der Waals surface area contributed by atoms with Gasteiger partial charge in [0.25, 0.3) is 5.91 Å². The highest BCUT2D eigenvalue weighted by Crippen LogP contribution is 2.30. The van der Waals surface area contributed by atoms with Crippen molar-refractivity contribution in [3.8, 4) is 0 Å². The minimum atomic E-state index is -0.191. The molecule has 122 valence electrons. The third kappa shape index (κ3) is 3.24. The standard InChI is InChI=1S/C16H22N6O/c1-11-18-9-12(14(20-11)13-5-4-7-21(13)2)10-19-16(23)15-17-6-8-22(15)3/h6,8-9,13H,4-5,7,10H2,1-3H3,(H,19,23)/t13-/m0/s1. The molecule has 2 aromatic rings. The van der Waals surface area contributed by atoms with Crippen LogP contribution in [-0.2, 0) is 13.6 Å². The number of rotatable bonds is 4. The summed E-state index contributed by atoms with van der Waals surface area (Å²) in [5.74, 6) is 0.973. The fourth-order valence-corrected chi connectivity index (χ4v) is 3.03. The van der Waals surface area contributed by atoms with Crippen LogP contribution >= 0.6 is 0 Å². The fourth-order valence-electron chi connectivity index (χ4n) is 3.03. The first-order chi connectivity index (χ1) is 11.1. The van der Waals surface area contributed by atoms with Gasteiger partial charge in [-0.15, -0.1) is 0 Å². The second-order valence-corrected chi connectivity index (χ2v) is 6.01. The molecule has 3 rings (SSSR count). The van der Waals surface area contributed by atoms with E-state index in [-0.39, 0.29) is 5.91 Å². The van der Waals surface area contributed by atoms with E-state index in [1.54, 1.807) is 24.0 Å². The van der Waals surface area contributed by atoms with Gasteiger partial charge in [0.05, 0.1) is 11.7 Å². The lowest BCUT2D eigenvalue weighted by Crippen LogP contribution is -2.28. The third-order valence-electron chi connectivity index (χ3n) is 4.32. The molecule has 2 aromatic heterocycles. The Morgan fingerprint density at radius 1 is 1.39 bits per heavy atom. The molecule has 0 saturated carbocycles. The first kappa shape index (κ1) is 15.6. The quantitative estimate of drug-likeness (QED) is 0.918. The molecule has 0 unspecified atom stereocenters. The Hall–Kier alpha value is -2.28. The van der Waals surface area contributed by atoms with Crippen molar-refractivity contribution >= 4 is 5.91 Å². The molecular formula is C16H22N6O. The second-order valence-electron chi connectivity index (χ2n) is 6.01. The molecule has 0 aromatic carbocycles. The molecule has 7 nitrogen and oxygen atoms in total. The van der Waals surface area contributed by atoms with Crippen LogP contribution in [0.2, 0.25) is 0 Å². The van der Waals surface area contributed by atoms with Crippen molar-refractivity contribution in [2.24, 2.45) is 7.05 Å². The summed E-state index contributed by atoms with van der Waals surface area (Å²) in [4.78, 5) is 27.5. The second kappa shape index (κ2) is 6.45. The summed E-state index contributed by atoms with van der Waals surface area (Å²) in [6.07, 6.45) is 7.45. The zero-order valence-electron chi connectivity index (χ0n) is 13.8. The molecule has 0 bridgehead atoms. The van der Waals surface area contributed by atoms with Crippen molar-refractivity contribution in [1.82, 2.24) is 29.7 Å². The minimum Gasteiger partial charge on any atom is -0.345 e. The van der Waals surface area contributed by atoms with Crippen molar-refractivity contribution in [3.05, 3.63) is 41.5 Å². The third-order valence-corrected chi connectivity index (χ3v) is 4.32. The smallest absolute Gasteiger partial charge is 0.287 e. The molecule has 1 saturated heterocycles. The van der Waals surface area contributed by atoms with E-state index in [4.69, 9.17) is 0 Å². The highest BCUT2D eigenvalue weighted by atomic mass is 16.2. The van der Waals surface area contributed by atoms with Gasteiger partial charge in [0.2, 0.25) is 0 Å². The Labute approximate surface area is 135 Å². The summed E-state index contributed by atoms with van der Waals surface area (Å²) in [5.41, 5.74) is 1.99. The number of imidazole rings is 1. The van der Waals surface area contributed by atoms with E-state index in [2.05, 4.69) is 32.2 Å². The number of likely N-dealkylation sites (tertiary alicyclic amines) is 1. The monoisotopic (exact) mass is 314 g/mol. The SMILES string of the molecule is Cc1ncc(CNC(=O)c2nccn2C)c([C@@H]2CCCN2C)n1. The molecule has 1 amide bonds. The maximum Gasteiger partial charge on any atom is 0.287 e. The highest BCUT2D eigenvalue weighted by Gasteiger charge is 2.26. The van der Waals surface area contributed by atoms with Crippen molar-refractivity contribution in [3.63, 3.8) is 0 Å². The number of amides is 1. The van der Waals surface area contributed by atoms with Crippen molar-refractivity contribution in [2.45, 2.75) is 32.4 Å². The Bertz CT molecular complexity index is 710. The normalized spacial score (nSPS) is 18.3. The van der Waals surface area contributed by atoms with Crippen molar-refractivity contribution < 1.29 is 4.79 Å². The maximum absolute atomic E-state index is 12.2. The molecule has 7 heteroatoms. The average molecular weight is 314 g/mol. The van der Waals surface area contributed by atoms with E-state index < -0.39 is 0 Å². The Kier molecular flexibility index (Phi) is 4.38. The summed E-state index contributed by atoms with van der Waals surface area (Å²) in [7, 11) is 3.92. The number of aryl methyl sites for hydroxylation is 2. The summed E-state index contributed by atoms with van der Waals surface area (Å²) in [6.45, 7) is 3.38. The molecule has 1 atom stereocenters. The van der Waals surface area contributed by atoms with Crippen LogP contribution in [0.4, 0.5) is 0 Å². The predicted molar refractivity (Wildman–Crippen MR) is 85.8 cm³/mol. The first-order valence-electron chi connectivity index (χ1n) is 7.84. The minimum absolute atomic E-state index is 0.191. The first-order valence-corrected chi connectivity index (χ1v) is 7.84. The predicted octanol–water partition coefficient (Wildman–Crippen LogP) is 1.22. The van der Waals surface area contributed by atoms with Crippen LogP contribution in [0, 0.1) is 6.92 Å². The van der Waals surface area contributed by atoms with Crippen LogP contribution < -0.4 is 5.32 Å². The van der Waals surface area contributed by atoms with E-state index in [1.807, 2.05) is 13.1 Å². The number of nitrogens with zero attached hydrogens (tertiary/aromatic N) is 5. The number of carbonyl (C=O) groups excluding carboxylic acids is 1. The van der Waals surface area contributed by atoms with Gasteiger partial charge in [-0.2, -0.15) is 0 Å². The molecule has 3 heterocycles. The number of aromatic nitrogens is 4. The highest BCUT2D eigenvalue weighted by molar-refractivity contribution is 5.90. The molecule has 1 aliphatic rings. The molecule has 0 spiro atoms. The van der Waals surface area contributed by atoms with Gasteiger partial charge in [0.15, 0.2) is 5.82 Å². The van der Waals surface area contributed by atoms with Crippen LogP contribution in [0.1, 0.15) is 46.6 Å². The lowest BCUT2D eigenvalue weighted by Gasteiger charge is -2.21. The molecule has 23 heavy (non-hydrogen) atoms. The molecule has 1 fully saturated rings. The summed E-state index contributed by atoms with van der Waals surface area (Å²) >= 11 is 0. The van der Waals surface area contributed by atoms with E-state index in [0.29, 0.717) is 18.4 Å². The summed E-state index contributed by atoms with van der Waals surface area (Å²) in [5, 5.41) is 2.92. The van der Waals surface area contributed by atoms with E-state index in [0.717, 1.165) is 30.0 Å². The van der Waals surface area contributed by atoms with Crippen LogP contribution in [0.15, 0.2) is 18.6 Å². The number of nitrogens with one attached hydrogen (secondary N) is 1. The van der Waals surface area contributed by atoms with Crippen LogP contribution in [-0.4, -0.2) is 43.9 Å². The zero-order chi connectivity index (χ0) is 16.4. The zero-order valence-corrected chi connectivity index (χ0v) is 13.8. The van der Waals surface area contributed by atoms with Crippen molar-refractivity contribution in [1.29, 1.82) is 0 Å². The van der Waals surface area contributed by atoms with Gasteiger partial charge in [0, 0.05) is 37.7 Å². The summed E-state index contributed by atoms with van der Waals surface area (Å²) in [6, 6.07) is 0.303. The van der Waals surface area contributed by atoms with Gasteiger partial charge in [0.1, 0.15) is 5.82 Å². The molecular weight excluding hydrogens is 292 g/mol. The molecule has 0 aliphatic carbocycles. The van der Waals surface area contributed by atoms with Gasteiger partial charge in [-0.3, -0.25) is 9.69 Å². The average Bonchev–Trinajstić information content (AvgIpc) is 3.14. The topological polar surface area (TPSA) is 75.9 Å². The van der Waals surface area contributed by atoms with Gasteiger partial charge in [-0.05, 0) is 33.4 Å². The Balaban J connectivity index is 1.77.